The van der Waals surface area contributed by atoms with Crippen molar-refractivity contribution in [2.24, 2.45) is 0 Å². The molecule has 0 aromatic heterocycles. The van der Waals surface area contributed by atoms with Gasteiger partial charge in [-0.1, -0.05) is 17.7 Å². The number of carbonyl (C=O) groups is 1. The van der Waals surface area contributed by atoms with E-state index in [4.69, 9.17) is 21.1 Å². The fourth-order valence-corrected chi connectivity index (χ4v) is 4.33. The van der Waals surface area contributed by atoms with Gasteiger partial charge in [0.25, 0.3) is 5.91 Å². The Morgan fingerprint density at radius 1 is 1.00 bits per heavy atom. The highest BCUT2D eigenvalue weighted by molar-refractivity contribution is 6.31. The summed E-state index contributed by atoms with van der Waals surface area (Å²) in [6, 6.07) is 9.45. The Balaban J connectivity index is 1.92. The average Bonchev–Trinajstić information content (AvgIpc) is 2.77. The number of halogens is 4. The lowest BCUT2D eigenvalue weighted by atomic mass is 9.86. The van der Waals surface area contributed by atoms with Crippen LogP contribution in [0.25, 0.3) is 0 Å². The molecule has 1 unspecified atom stereocenters. The maximum atomic E-state index is 15.0. The molecule has 1 aliphatic rings. The number of methoxy groups -OCH3 is 2. The van der Waals surface area contributed by atoms with Crippen molar-refractivity contribution in [2.45, 2.75) is 12.5 Å². The molecular formula is C24H19ClF3NO3. The molecule has 1 heterocycles. The van der Waals surface area contributed by atoms with Crippen molar-refractivity contribution in [1.29, 1.82) is 0 Å². The average molecular weight is 462 g/mol. The highest BCUT2D eigenvalue weighted by atomic mass is 35.5. The molecule has 166 valence electrons. The number of hydrogen-bond acceptors (Lipinski definition) is 3. The molecule has 0 bridgehead atoms. The summed E-state index contributed by atoms with van der Waals surface area (Å²) >= 11 is 6.37. The van der Waals surface area contributed by atoms with Gasteiger partial charge < -0.3 is 14.4 Å². The zero-order valence-corrected chi connectivity index (χ0v) is 18.1. The third-order valence-electron chi connectivity index (χ3n) is 5.57. The molecule has 0 saturated carbocycles. The van der Waals surface area contributed by atoms with E-state index in [1.807, 2.05) is 0 Å². The van der Waals surface area contributed by atoms with Crippen LogP contribution in [0.2, 0.25) is 5.02 Å². The molecule has 0 N–H and O–H groups in total. The molecule has 8 heteroatoms. The van der Waals surface area contributed by atoms with Gasteiger partial charge >= 0.3 is 0 Å². The first-order chi connectivity index (χ1) is 15.3. The van der Waals surface area contributed by atoms with Crippen LogP contribution >= 0.6 is 11.6 Å². The molecule has 3 aromatic rings. The fraction of sp³-hybridized carbons (Fsp3) is 0.208. The second-order valence-electron chi connectivity index (χ2n) is 7.32. The summed E-state index contributed by atoms with van der Waals surface area (Å²) in [5.74, 6) is -2.21. The predicted molar refractivity (Wildman–Crippen MR) is 114 cm³/mol. The van der Waals surface area contributed by atoms with Crippen LogP contribution in [0, 0.1) is 17.5 Å². The van der Waals surface area contributed by atoms with Crippen molar-refractivity contribution >= 4 is 17.5 Å². The molecule has 0 radical (unpaired) electrons. The van der Waals surface area contributed by atoms with Crippen molar-refractivity contribution < 1.29 is 27.4 Å². The fourth-order valence-electron chi connectivity index (χ4n) is 4.07. The van der Waals surface area contributed by atoms with E-state index < -0.39 is 29.4 Å². The first kappa shape index (κ1) is 22.0. The van der Waals surface area contributed by atoms with Crippen molar-refractivity contribution in [3.63, 3.8) is 0 Å². The van der Waals surface area contributed by atoms with Crippen LogP contribution in [-0.2, 0) is 6.42 Å². The molecule has 4 rings (SSSR count). The highest BCUT2D eigenvalue weighted by Gasteiger charge is 2.37. The monoisotopic (exact) mass is 461 g/mol. The smallest absolute Gasteiger partial charge is 0.257 e. The quantitative estimate of drug-likeness (QED) is 0.510. The number of fused-ring (bicyclic) bond motifs is 1. The Hall–Kier alpha value is -3.19. The van der Waals surface area contributed by atoms with Crippen LogP contribution in [0.4, 0.5) is 13.2 Å². The lowest BCUT2D eigenvalue weighted by molar-refractivity contribution is 0.0687. The largest absolute Gasteiger partial charge is 0.493 e. The number of hydrogen-bond donors (Lipinski definition) is 0. The Morgan fingerprint density at radius 3 is 2.38 bits per heavy atom. The Bertz CT molecular complexity index is 1180. The third-order valence-corrected chi connectivity index (χ3v) is 5.90. The predicted octanol–water partition coefficient (Wildman–Crippen LogP) is 5.56. The number of amides is 1. The molecule has 0 fully saturated rings. The molecule has 4 nitrogen and oxygen atoms in total. The van der Waals surface area contributed by atoms with E-state index in [0.717, 1.165) is 17.7 Å². The molecule has 0 saturated heterocycles. The summed E-state index contributed by atoms with van der Waals surface area (Å²) in [4.78, 5) is 14.7. The number of carbonyl (C=O) groups excluding carboxylic acids is 1. The van der Waals surface area contributed by atoms with Crippen LogP contribution in [0.1, 0.15) is 33.1 Å². The molecular weight excluding hydrogens is 443 g/mol. The summed E-state index contributed by atoms with van der Waals surface area (Å²) in [6.07, 6.45) is 0.410. The van der Waals surface area contributed by atoms with E-state index in [1.165, 1.54) is 37.3 Å². The second-order valence-corrected chi connectivity index (χ2v) is 7.72. The van der Waals surface area contributed by atoms with E-state index >= 15 is 4.39 Å². The standard InChI is InChI=1S/C24H19ClF3NO3/c1-31-20-10-13-8-9-29(24(30)15-7-6-14(26)11-19(15)28)23(16(13)12-21(20)32-2)22-17(25)4-3-5-18(22)27/h3-7,10-12,23H,8-9H2,1-2H3. The first-order valence-corrected chi connectivity index (χ1v) is 10.2. The maximum absolute atomic E-state index is 15.0. The summed E-state index contributed by atoms with van der Waals surface area (Å²) in [6.45, 7) is 0.160. The van der Waals surface area contributed by atoms with Gasteiger partial charge in [-0.15, -0.1) is 0 Å². The second kappa shape index (κ2) is 8.74. The molecule has 32 heavy (non-hydrogen) atoms. The van der Waals surface area contributed by atoms with E-state index in [9.17, 15) is 13.6 Å². The van der Waals surface area contributed by atoms with Crippen molar-refractivity contribution in [2.75, 3.05) is 20.8 Å². The number of nitrogens with zero attached hydrogens (tertiary/aromatic N) is 1. The van der Waals surface area contributed by atoms with Crippen molar-refractivity contribution in [3.05, 3.63) is 93.3 Å². The van der Waals surface area contributed by atoms with Gasteiger partial charge in [0.05, 0.1) is 25.8 Å². The number of benzene rings is 3. The summed E-state index contributed by atoms with van der Waals surface area (Å²) in [5, 5.41) is 0.120. The van der Waals surface area contributed by atoms with Gasteiger partial charge in [0, 0.05) is 23.2 Å². The molecule has 3 aromatic carbocycles. The van der Waals surface area contributed by atoms with Crippen LogP contribution < -0.4 is 9.47 Å². The van der Waals surface area contributed by atoms with E-state index in [0.29, 0.717) is 29.5 Å². The SMILES string of the molecule is COc1cc2c(cc1OC)C(c1c(F)cccc1Cl)N(C(=O)c1ccc(F)cc1F)CC2. The van der Waals surface area contributed by atoms with E-state index in [1.54, 1.807) is 12.1 Å². The van der Waals surface area contributed by atoms with Crippen LogP contribution in [-0.4, -0.2) is 31.6 Å². The Morgan fingerprint density at radius 2 is 1.72 bits per heavy atom. The Kier molecular flexibility index (Phi) is 6.02. The summed E-state index contributed by atoms with van der Waals surface area (Å²) in [7, 11) is 2.97. The van der Waals surface area contributed by atoms with Crippen LogP contribution in [0.15, 0.2) is 48.5 Å². The normalized spacial score (nSPS) is 15.3. The van der Waals surface area contributed by atoms with Gasteiger partial charge in [0.15, 0.2) is 11.5 Å². The minimum atomic E-state index is -0.994. The lowest BCUT2D eigenvalue weighted by Crippen LogP contribution is -2.41. The topological polar surface area (TPSA) is 38.8 Å². The van der Waals surface area contributed by atoms with Crippen molar-refractivity contribution in [1.82, 2.24) is 4.90 Å². The number of ether oxygens (including phenoxy) is 2. The minimum absolute atomic E-state index is 0.0817. The molecule has 1 aliphatic heterocycles. The van der Waals surface area contributed by atoms with Gasteiger partial charge in [-0.2, -0.15) is 0 Å². The third kappa shape index (κ3) is 3.77. The van der Waals surface area contributed by atoms with Crippen LogP contribution in [0.3, 0.4) is 0 Å². The summed E-state index contributed by atoms with van der Waals surface area (Å²) in [5.41, 5.74) is 1.17. The zero-order valence-electron chi connectivity index (χ0n) is 17.3. The zero-order chi connectivity index (χ0) is 23.0. The number of rotatable bonds is 4. The van der Waals surface area contributed by atoms with E-state index in [-0.39, 0.29) is 22.7 Å². The van der Waals surface area contributed by atoms with Gasteiger partial charge in [0.1, 0.15) is 17.5 Å². The molecule has 0 aliphatic carbocycles. The minimum Gasteiger partial charge on any atom is -0.493 e. The molecule has 0 spiro atoms. The van der Waals surface area contributed by atoms with Gasteiger partial charge in [0.2, 0.25) is 0 Å². The van der Waals surface area contributed by atoms with E-state index in [2.05, 4.69) is 0 Å². The summed E-state index contributed by atoms with van der Waals surface area (Å²) < 4.78 is 53.6. The molecule has 1 amide bonds. The maximum Gasteiger partial charge on any atom is 0.257 e. The van der Waals surface area contributed by atoms with Gasteiger partial charge in [-0.3, -0.25) is 4.79 Å². The highest BCUT2D eigenvalue weighted by Crippen LogP contribution is 2.44. The molecule has 1 atom stereocenters. The van der Waals surface area contributed by atoms with Gasteiger partial charge in [-0.05, 0) is 53.9 Å². The van der Waals surface area contributed by atoms with Crippen molar-refractivity contribution in [3.8, 4) is 11.5 Å². The first-order valence-electron chi connectivity index (χ1n) is 9.80. The van der Waals surface area contributed by atoms with Crippen LogP contribution in [0.5, 0.6) is 11.5 Å². The Labute approximate surface area is 188 Å². The van der Waals surface area contributed by atoms with Gasteiger partial charge in [-0.25, -0.2) is 13.2 Å². The lowest BCUT2D eigenvalue weighted by Gasteiger charge is -2.38.